The Morgan fingerprint density at radius 1 is 1.17 bits per heavy atom. The van der Waals surface area contributed by atoms with Crippen LogP contribution in [-0.2, 0) is 0 Å². The lowest BCUT2D eigenvalue weighted by molar-refractivity contribution is -0.129. The molecule has 2 aromatic heterocycles. The molecule has 0 aliphatic rings. The number of pyridine rings is 1. The average Bonchev–Trinajstić information content (AvgIpc) is 2.77. The second kappa shape index (κ2) is 5.38. The molecule has 18 heavy (non-hydrogen) atoms. The van der Waals surface area contributed by atoms with Crippen molar-refractivity contribution in [3.63, 3.8) is 0 Å². The Labute approximate surface area is 105 Å². The van der Waals surface area contributed by atoms with E-state index in [2.05, 4.69) is 15.2 Å². The summed E-state index contributed by atoms with van der Waals surface area (Å²) in [5.74, 6) is 0.133. The Hall–Kier alpha value is -1.57. The summed E-state index contributed by atoms with van der Waals surface area (Å²) in [5, 5.41) is 7.56. The minimum absolute atomic E-state index is 0.131. The van der Waals surface area contributed by atoms with Gasteiger partial charge in [-0.25, -0.2) is 0 Å². The van der Waals surface area contributed by atoms with E-state index in [0.717, 1.165) is 11.8 Å². The van der Waals surface area contributed by atoms with E-state index in [1.807, 2.05) is 0 Å². The maximum atomic E-state index is 11.9. The van der Waals surface area contributed by atoms with E-state index < -0.39 is 12.6 Å². The fourth-order valence-electron chi connectivity index (χ4n) is 1.13. The zero-order valence-electron chi connectivity index (χ0n) is 9.02. The molecule has 0 amide bonds. The van der Waals surface area contributed by atoms with Gasteiger partial charge < -0.3 is 4.42 Å². The summed E-state index contributed by atoms with van der Waals surface area (Å²) >= 11 is 0.887. The number of alkyl halides is 3. The summed E-state index contributed by atoms with van der Waals surface area (Å²) in [4.78, 5) is 3.83. The normalized spacial score (nSPS) is 11.7. The number of nitrogens with zero attached hydrogens (tertiary/aromatic N) is 3. The number of hydrogen-bond acceptors (Lipinski definition) is 5. The maximum absolute atomic E-state index is 11.9. The summed E-state index contributed by atoms with van der Waals surface area (Å²) in [6.45, 7) is 0. The quantitative estimate of drug-likeness (QED) is 0.802. The van der Waals surface area contributed by atoms with Crippen molar-refractivity contribution in [3.8, 4) is 11.5 Å². The summed E-state index contributed by atoms with van der Waals surface area (Å²) in [5.41, 5.74) is 0.681. The molecule has 0 saturated heterocycles. The van der Waals surface area contributed by atoms with E-state index in [1.165, 1.54) is 0 Å². The molecule has 0 saturated carbocycles. The first kappa shape index (κ1) is 12.9. The lowest BCUT2D eigenvalue weighted by Crippen LogP contribution is -2.07. The molecule has 2 heterocycles. The van der Waals surface area contributed by atoms with Gasteiger partial charge in [-0.05, 0) is 12.1 Å². The molecule has 0 bridgehead atoms. The number of rotatable bonds is 4. The Bertz CT molecular complexity index is 501. The van der Waals surface area contributed by atoms with Crippen LogP contribution in [0.2, 0.25) is 0 Å². The summed E-state index contributed by atoms with van der Waals surface area (Å²) in [7, 11) is 0. The molecule has 0 aliphatic carbocycles. The predicted octanol–water partition coefficient (Wildman–Crippen LogP) is 3.18. The van der Waals surface area contributed by atoms with Crippen LogP contribution < -0.4 is 0 Å². The monoisotopic (exact) mass is 275 g/mol. The van der Waals surface area contributed by atoms with Crippen molar-refractivity contribution in [2.75, 3.05) is 5.75 Å². The summed E-state index contributed by atoms with van der Waals surface area (Å²) < 4.78 is 41.1. The molecule has 0 unspecified atom stereocenters. The van der Waals surface area contributed by atoms with Gasteiger partial charge >= 0.3 is 6.18 Å². The topological polar surface area (TPSA) is 51.8 Å². The van der Waals surface area contributed by atoms with Crippen LogP contribution >= 0.6 is 11.8 Å². The van der Waals surface area contributed by atoms with Gasteiger partial charge in [0.25, 0.3) is 5.22 Å². The smallest absolute Gasteiger partial charge is 0.389 e. The highest BCUT2D eigenvalue weighted by atomic mass is 32.2. The lowest BCUT2D eigenvalue weighted by Gasteiger charge is -2.02. The predicted molar refractivity (Wildman–Crippen MR) is 58.9 cm³/mol. The highest BCUT2D eigenvalue weighted by molar-refractivity contribution is 7.99. The van der Waals surface area contributed by atoms with Crippen molar-refractivity contribution < 1.29 is 17.6 Å². The fraction of sp³-hybridized carbons (Fsp3) is 0.300. The van der Waals surface area contributed by atoms with Gasteiger partial charge in [0.15, 0.2) is 0 Å². The maximum Gasteiger partial charge on any atom is 0.389 e. The van der Waals surface area contributed by atoms with Crippen LogP contribution in [-0.4, -0.2) is 27.1 Å². The molecule has 2 aromatic rings. The van der Waals surface area contributed by atoms with E-state index in [9.17, 15) is 13.2 Å². The van der Waals surface area contributed by atoms with Gasteiger partial charge in [-0.3, -0.25) is 4.98 Å². The number of thioether (sulfide) groups is 1. The summed E-state index contributed by atoms with van der Waals surface area (Å²) in [6, 6.07) is 3.36. The molecule has 0 fully saturated rings. The third kappa shape index (κ3) is 3.73. The minimum atomic E-state index is -4.17. The average molecular weight is 275 g/mol. The van der Waals surface area contributed by atoms with Crippen LogP contribution in [0, 0.1) is 0 Å². The van der Waals surface area contributed by atoms with Gasteiger partial charge in [0, 0.05) is 23.7 Å². The summed E-state index contributed by atoms with van der Waals surface area (Å²) in [6.07, 6.45) is -1.92. The van der Waals surface area contributed by atoms with Crippen LogP contribution in [0.5, 0.6) is 0 Å². The van der Waals surface area contributed by atoms with Crippen molar-refractivity contribution in [3.05, 3.63) is 24.5 Å². The third-order valence-electron chi connectivity index (χ3n) is 1.94. The van der Waals surface area contributed by atoms with Crippen molar-refractivity contribution in [1.29, 1.82) is 0 Å². The van der Waals surface area contributed by atoms with Gasteiger partial charge in [-0.2, -0.15) is 13.2 Å². The molecule has 0 spiro atoms. The number of halogens is 3. The molecule has 0 atom stereocenters. The van der Waals surface area contributed by atoms with Crippen LogP contribution in [0.25, 0.3) is 11.5 Å². The van der Waals surface area contributed by atoms with E-state index in [1.54, 1.807) is 24.5 Å². The van der Waals surface area contributed by atoms with E-state index in [-0.39, 0.29) is 16.9 Å². The third-order valence-corrected chi connectivity index (χ3v) is 2.76. The first-order chi connectivity index (χ1) is 8.54. The van der Waals surface area contributed by atoms with Gasteiger partial charge in [0.2, 0.25) is 5.89 Å². The molecule has 0 aromatic carbocycles. The largest absolute Gasteiger partial charge is 0.411 e. The van der Waals surface area contributed by atoms with Gasteiger partial charge in [0.1, 0.15) is 0 Å². The number of aromatic nitrogens is 3. The first-order valence-electron chi connectivity index (χ1n) is 4.98. The second-order valence-electron chi connectivity index (χ2n) is 3.32. The van der Waals surface area contributed by atoms with E-state index >= 15 is 0 Å². The Kier molecular flexibility index (Phi) is 3.85. The zero-order valence-corrected chi connectivity index (χ0v) is 9.83. The standard InChI is InChI=1S/C10H8F3N3OS/c11-10(12,13)3-6-18-9-16-15-8(17-9)7-1-4-14-5-2-7/h1-2,4-5H,3,6H2. The molecular weight excluding hydrogens is 267 g/mol. The molecule has 0 N–H and O–H groups in total. The second-order valence-corrected chi connectivity index (χ2v) is 4.37. The molecule has 0 aliphatic heterocycles. The van der Waals surface area contributed by atoms with Crippen molar-refractivity contribution in [2.24, 2.45) is 0 Å². The lowest BCUT2D eigenvalue weighted by atomic mass is 10.3. The highest BCUT2D eigenvalue weighted by Gasteiger charge is 2.26. The molecular formula is C10H8F3N3OS. The fourth-order valence-corrected chi connectivity index (χ4v) is 1.88. The Morgan fingerprint density at radius 3 is 2.56 bits per heavy atom. The Balaban J connectivity index is 1.95. The molecule has 4 nitrogen and oxygen atoms in total. The van der Waals surface area contributed by atoms with Crippen LogP contribution in [0.4, 0.5) is 13.2 Å². The molecule has 0 radical (unpaired) electrons. The molecule has 8 heteroatoms. The first-order valence-corrected chi connectivity index (χ1v) is 5.96. The SMILES string of the molecule is FC(F)(F)CCSc1nnc(-c2ccncc2)o1. The number of hydrogen-bond donors (Lipinski definition) is 0. The van der Waals surface area contributed by atoms with Crippen molar-refractivity contribution in [2.45, 2.75) is 17.8 Å². The van der Waals surface area contributed by atoms with Crippen LogP contribution in [0.3, 0.4) is 0 Å². The highest BCUT2D eigenvalue weighted by Crippen LogP contribution is 2.27. The van der Waals surface area contributed by atoms with E-state index in [0.29, 0.717) is 5.56 Å². The Morgan fingerprint density at radius 2 is 1.89 bits per heavy atom. The minimum Gasteiger partial charge on any atom is -0.411 e. The van der Waals surface area contributed by atoms with Gasteiger partial charge in [-0.15, -0.1) is 10.2 Å². The van der Waals surface area contributed by atoms with Crippen LogP contribution in [0.15, 0.2) is 34.2 Å². The van der Waals surface area contributed by atoms with Gasteiger partial charge in [0.05, 0.1) is 6.42 Å². The van der Waals surface area contributed by atoms with Crippen molar-refractivity contribution in [1.82, 2.24) is 15.2 Å². The van der Waals surface area contributed by atoms with Crippen molar-refractivity contribution >= 4 is 11.8 Å². The molecule has 96 valence electrons. The van der Waals surface area contributed by atoms with E-state index in [4.69, 9.17) is 4.42 Å². The van der Waals surface area contributed by atoms with Gasteiger partial charge in [-0.1, -0.05) is 11.8 Å². The van der Waals surface area contributed by atoms with Crippen LogP contribution in [0.1, 0.15) is 6.42 Å². The zero-order chi connectivity index (χ0) is 13.0. The molecule has 2 rings (SSSR count).